The minimum absolute atomic E-state index is 0.147. The first-order valence-electron chi connectivity index (χ1n) is 4.47. The van der Waals surface area contributed by atoms with Crippen molar-refractivity contribution < 1.29 is 27.8 Å². The molecule has 0 amide bonds. The van der Waals surface area contributed by atoms with E-state index in [2.05, 4.69) is 17.9 Å². The third-order valence-corrected chi connectivity index (χ3v) is 2.11. The molecule has 6 heteroatoms. The van der Waals surface area contributed by atoms with E-state index in [-0.39, 0.29) is 5.57 Å². The van der Waals surface area contributed by atoms with Crippen molar-refractivity contribution in [1.82, 2.24) is 0 Å². The van der Waals surface area contributed by atoms with Gasteiger partial charge in [-0.1, -0.05) is 19.2 Å². The highest BCUT2D eigenvalue weighted by Gasteiger charge is 2.51. The van der Waals surface area contributed by atoms with E-state index in [0.717, 1.165) is 19.3 Å². The van der Waals surface area contributed by atoms with Gasteiger partial charge in [-0.15, -0.1) is 0 Å². The van der Waals surface area contributed by atoms with Gasteiger partial charge in [0.15, 0.2) is 5.60 Å². The van der Waals surface area contributed by atoms with Crippen LogP contribution in [-0.4, -0.2) is 30.0 Å². The van der Waals surface area contributed by atoms with Gasteiger partial charge in [0.2, 0.25) is 0 Å². The van der Waals surface area contributed by atoms with Crippen molar-refractivity contribution in [1.29, 1.82) is 0 Å². The molecule has 0 bridgehead atoms. The maximum atomic E-state index is 12.4. The highest BCUT2D eigenvalue weighted by atomic mass is 19.4. The Labute approximate surface area is 96.9 Å². The lowest BCUT2D eigenvalue weighted by Gasteiger charge is -2.26. The molecular formula is C11H13F3O3. The van der Waals surface area contributed by atoms with Crippen LogP contribution in [0.2, 0.25) is 0 Å². The Balaban J connectivity index is 4.84. The monoisotopic (exact) mass is 250 g/mol. The van der Waals surface area contributed by atoms with Crippen molar-refractivity contribution in [2.75, 3.05) is 7.11 Å². The van der Waals surface area contributed by atoms with Gasteiger partial charge in [-0.05, 0) is 18.6 Å². The van der Waals surface area contributed by atoms with Crippen LogP contribution in [0.15, 0.2) is 36.5 Å². The van der Waals surface area contributed by atoms with Crippen LogP contribution in [0.4, 0.5) is 13.2 Å². The van der Waals surface area contributed by atoms with E-state index in [1.54, 1.807) is 0 Å². The van der Waals surface area contributed by atoms with Crippen molar-refractivity contribution >= 4 is 5.97 Å². The summed E-state index contributed by atoms with van der Waals surface area (Å²) < 4.78 is 41.4. The molecule has 0 aliphatic heterocycles. The van der Waals surface area contributed by atoms with Crippen LogP contribution in [-0.2, 0) is 9.53 Å². The molecule has 0 saturated heterocycles. The molecule has 1 N–H and O–H groups in total. The summed E-state index contributed by atoms with van der Waals surface area (Å²) in [6.07, 6.45) is -2.98. The summed E-state index contributed by atoms with van der Waals surface area (Å²) in [4.78, 5) is 10.9. The Morgan fingerprint density at radius 2 is 1.76 bits per heavy atom. The van der Waals surface area contributed by atoms with Crippen molar-refractivity contribution in [3.8, 4) is 0 Å². The van der Waals surface area contributed by atoms with Gasteiger partial charge in [0.1, 0.15) is 0 Å². The minimum Gasteiger partial charge on any atom is -0.465 e. The van der Waals surface area contributed by atoms with E-state index in [4.69, 9.17) is 0 Å². The lowest BCUT2D eigenvalue weighted by molar-refractivity contribution is -0.235. The summed E-state index contributed by atoms with van der Waals surface area (Å²) in [5.41, 5.74) is -3.80. The van der Waals surface area contributed by atoms with Crippen molar-refractivity contribution in [3.63, 3.8) is 0 Å². The first kappa shape index (κ1) is 15.4. The van der Waals surface area contributed by atoms with Crippen molar-refractivity contribution in [2.45, 2.75) is 18.7 Å². The number of rotatable bonds is 4. The molecule has 0 spiro atoms. The molecule has 1 unspecified atom stereocenters. The van der Waals surface area contributed by atoms with Gasteiger partial charge in [-0.2, -0.15) is 13.2 Å². The molecule has 0 aromatic heterocycles. The number of halogens is 3. The summed E-state index contributed by atoms with van der Waals surface area (Å²) in [6.45, 7) is 6.95. The second kappa shape index (κ2) is 5.18. The molecule has 1 atom stereocenters. The van der Waals surface area contributed by atoms with Gasteiger partial charge in [-0.3, -0.25) is 0 Å². The van der Waals surface area contributed by atoms with Crippen LogP contribution in [0.5, 0.6) is 0 Å². The fourth-order valence-corrected chi connectivity index (χ4v) is 0.745. The van der Waals surface area contributed by atoms with Crippen LogP contribution in [0, 0.1) is 0 Å². The number of ether oxygens (including phenoxy) is 1. The molecule has 0 radical (unpaired) electrons. The van der Waals surface area contributed by atoms with Crippen LogP contribution < -0.4 is 0 Å². The quantitative estimate of drug-likeness (QED) is 0.472. The Hall–Kier alpha value is -1.56. The third-order valence-electron chi connectivity index (χ3n) is 2.11. The standard InChI is InChI=1S/C11H13F3O3/c1-7(9(15)17-4)5-6-8(2)10(3,16)11(12,13)14/h5-6,16H,1-2H2,3-4H3/b6-5-. The molecule has 0 aliphatic rings. The van der Waals surface area contributed by atoms with E-state index < -0.39 is 23.3 Å². The first-order valence-corrected chi connectivity index (χ1v) is 4.47. The SMILES string of the molecule is C=C(/C=C\C(=C)C(C)(O)C(F)(F)F)C(=O)OC. The van der Waals surface area contributed by atoms with E-state index in [1.807, 2.05) is 0 Å². The number of carbonyl (C=O) groups is 1. The zero-order chi connectivity index (χ0) is 13.9. The molecule has 0 saturated carbocycles. The number of aliphatic hydroxyl groups is 1. The Kier molecular flexibility index (Phi) is 4.70. The molecule has 0 aliphatic carbocycles. The van der Waals surface area contributed by atoms with Gasteiger partial charge in [0.05, 0.1) is 12.7 Å². The summed E-state index contributed by atoms with van der Waals surface area (Å²) in [5.74, 6) is -0.777. The van der Waals surface area contributed by atoms with Crippen LogP contribution >= 0.6 is 0 Å². The predicted octanol–water partition coefficient (Wildman–Crippen LogP) is 2.14. The largest absolute Gasteiger partial charge is 0.465 e. The Morgan fingerprint density at radius 3 is 2.12 bits per heavy atom. The fourth-order valence-electron chi connectivity index (χ4n) is 0.745. The second-order valence-electron chi connectivity index (χ2n) is 3.45. The van der Waals surface area contributed by atoms with Crippen LogP contribution in [0.3, 0.4) is 0 Å². The number of hydrogen-bond acceptors (Lipinski definition) is 3. The van der Waals surface area contributed by atoms with E-state index in [9.17, 15) is 23.1 Å². The average molecular weight is 250 g/mol. The van der Waals surface area contributed by atoms with Gasteiger partial charge in [-0.25, -0.2) is 4.79 Å². The molecule has 3 nitrogen and oxygen atoms in total. The number of hydrogen-bond donors (Lipinski definition) is 1. The molecule has 0 aromatic rings. The summed E-state index contributed by atoms with van der Waals surface area (Å²) in [5, 5.41) is 9.21. The summed E-state index contributed by atoms with van der Waals surface area (Å²) in [6, 6.07) is 0. The van der Waals surface area contributed by atoms with Gasteiger partial charge in [0, 0.05) is 0 Å². The third kappa shape index (κ3) is 3.74. The summed E-state index contributed by atoms with van der Waals surface area (Å²) >= 11 is 0. The normalized spacial score (nSPS) is 15.4. The number of methoxy groups -OCH3 is 1. The minimum atomic E-state index is -4.85. The maximum Gasteiger partial charge on any atom is 0.421 e. The van der Waals surface area contributed by atoms with Gasteiger partial charge >= 0.3 is 12.1 Å². The van der Waals surface area contributed by atoms with Crippen LogP contribution in [0.25, 0.3) is 0 Å². The second-order valence-corrected chi connectivity index (χ2v) is 3.45. The van der Waals surface area contributed by atoms with Crippen LogP contribution in [0.1, 0.15) is 6.92 Å². The highest BCUT2D eigenvalue weighted by Crippen LogP contribution is 2.35. The smallest absolute Gasteiger partial charge is 0.421 e. The average Bonchev–Trinajstić information content (AvgIpc) is 2.22. The molecule has 0 rings (SSSR count). The Morgan fingerprint density at radius 1 is 1.29 bits per heavy atom. The number of esters is 1. The van der Waals surface area contributed by atoms with E-state index in [0.29, 0.717) is 6.92 Å². The first-order chi connectivity index (χ1) is 7.54. The van der Waals surface area contributed by atoms with Gasteiger partial charge in [0.25, 0.3) is 0 Å². The van der Waals surface area contributed by atoms with E-state index >= 15 is 0 Å². The molecular weight excluding hydrogens is 237 g/mol. The zero-order valence-corrected chi connectivity index (χ0v) is 9.47. The maximum absolute atomic E-state index is 12.4. The zero-order valence-electron chi connectivity index (χ0n) is 9.47. The lowest BCUT2D eigenvalue weighted by atomic mass is 9.96. The van der Waals surface area contributed by atoms with Crippen molar-refractivity contribution in [3.05, 3.63) is 36.5 Å². The Bertz CT molecular complexity index is 365. The summed E-state index contributed by atoms with van der Waals surface area (Å²) in [7, 11) is 1.11. The lowest BCUT2D eigenvalue weighted by Crippen LogP contribution is -2.43. The molecule has 96 valence electrons. The molecule has 17 heavy (non-hydrogen) atoms. The number of alkyl halides is 3. The predicted molar refractivity (Wildman–Crippen MR) is 56.1 cm³/mol. The molecule has 0 fully saturated rings. The fraction of sp³-hybridized carbons (Fsp3) is 0.364. The van der Waals surface area contributed by atoms with Gasteiger partial charge < -0.3 is 9.84 Å². The van der Waals surface area contributed by atoms with Crippen molar-refractivity contribution in [2.24, 2.45) is 0 Å². The topological polar surface area (TPSA) is 46.5 Å². The van der Waals surface area contributed by atoms with E-state index in [1.165, 1.54) is 0 Å². The molecule has 0 heterocycles. The molecule has 0 aromatic carbocycles. The number of carbonyl (C=O) groups excluding carboxylic acids is 1. The highest BCUT2D eigenvalue weighted by molar-refractivity contribution is 5.90.